The first-order chi connectivity index (χ1) is 16.0. The van der Waals surface area contributed by atoms with Gasteiger partial charge < -0.3 is 11.1 Å². The molecule has 33 heavy (non-hydrogen) atoms. The monoisotopic (exact) mass is 459 g/mol. The summed E-state index contributed by atoms with van der Waals surface area (Å²) < 4.78 is 1.76. The van der Waals surface area contributed by atoms with Crippen LogP contribution >= 0.6 is 11.6 Å². The lowest BCUT2D eigenvalue weighted by Gasteiger charge is -2.05. The molecular formula is C24H22ClN7O. The molecule has 0 atom stereocenters. The lowest BCUT2D eigenvalue weighted by Crippen LogP contribution is -2.25. The average Bonchev–Trinajstić information content (AvgIpc) is 3.41. The first-order valence-electron chi connectivity index (χ1n) is 10.4. The maximum Gasteiger partial charge on any atom is 0.255 e. The molecule has 4 N–H and O–H groups in total. The summed E-state index contributed by atoms with van der Waals surface area (Å²) in [5, 5.41) is 24.0. The van der Waals surface area contributed by atoms with Crippen molar-refractivity contribution in [3.8, 4) is 17.3 Å². The quantitative estimate of drug-likeness (QED) is 0.345. The average molecular weight is 460 g/mol. The number of nitrogen functional groups attached to an aromatic ring is 1. The van der Waals surface area contributed by atoms with Gasteiger partial charge in [-0.2, -0.15) is 15.5 Å². The first kappa shape index (κ1) is 22.1. The van der Waals surface area contributed by atoms with Gasteiger partial charge in [-0.3, -0.25) is 14.6 Å². The summed E-state index contributed by atoms with van der Waals surface area (Å²) in [5.41, 5.74) is 9.66. The molecule has 2 aromatic carbocycles. The van der Waals surface area contributed by atoms with Crippen LogP contribution in [0, 0.1) is 11.3 Å². The predicted molar refractivity (Wildman–Crippen MR) is 127 cm³/mol. The molecule has 0 unspecified atom stereocenters. The summed E-state index contributed by atoms with van der Waals surface area (Å²) in [6.07, 6.45) is 2.93. The van der Waals surface area contributed by atoms with Crippen LogP contribution in [0.15, 0.2) is 60.8 Å². The zero-order chi connectivity index (χ0) is 23.2. The van der Waals surface area contributed by atoms with E-state index in [1.54, 1.807) is 23.0 Å². The van der Waals surface area contributed by atoms with Gasteiger partial charge in [0.15, 0.2) is 5.82 Å². The number of H-pyrrole nitrogens is 1. The highest BCUT2D eigenvalue weighted by Crippen LogP contribution is 2.24. The Kier molecular flexibility index (Phi) is 6.72. The van der Waals surface area contributed by atoms with Crippen LogP contribution in [0.4, 0.5) is 5.82 Å². The number of benzene rings is 2. The van der Waals surface area contributed by atoms with Gasteiger partial charge in [0.1, 0.15) is 17.3 Å². The molecule has 4 aromatic rings. The SMILES string of the molecule is N#Cc1c(N)n[nH]c1CCCNC(=O)c1cn(Cc2ccccc2)nc1-c1ccc(Cl)cc1. The van der Waals surface area contributed by atoms with Crippen molar-refractivity contribution in [2.75, 3.05) is 12.3 Å². The molecule has 0 bridgehead atoms. The van der Waals surface area contributed by atoms with E-state index in [1.165, 1.54) is 0 Å². The molecule has 2 heterocycles. The summed E-state index contributed by atoms with van der Waals surface area (Å²) in [5.74, 6) is -0.0288. The lowest BCUT2D eigenvalue weighted by molar-refractivity contribution is 0.0953. The van der Waals surface area contributed by atoms with Gasteiger partial charge in [-0.1, -0.05) is 54.1 Å². The number of rotatable bonds is 8. The Morgan fingerprint density at radius 2 is 1.94 bits per heavy atom. The van der Waals surface area contributed by atoms with E-state index >= 15 is 0 Å². The maximum absolute atomic E-state index is 13.0. The number of carbonyl (C=O) groups excluding carboxylic acids is 1. The maximum atomic E-state index is 13.0. The Hall–Kier alpha value is -4.09. The number of aromatic nitrogens is 4. The molecule has 166 valence electrons. The van der Waals surface area contributed by atoms with Gasteiger partial charge in [0.2, 0.25) is 0 Å². The minimum absolute atomic E-state index is 0.190. The van der Waals surface area contributed by atoms with Gasteiger partial charge >= 0.3 is 0 Å². The third-order valence-electron chi connectivity index (χ3n) is 5.18. The standard InChI is InChI=1S/C24H22ClN7O/c25-18-10-8-17(9-11-18)22-20(15-32(31-22)14-16-5-2-1-3-6-16)24(33)28-12-4-7-21-19(13-26)23(27)30-29-21/h1-3,5-6,8-11,15H,4,7,12,14H2,(H,28,33)(H3,27,29,30). The Morgan fingerprint density at radius 1 is 1.18 bits per heavy atom. The Labute approximate surface area is 196 Å². The number of aryl methyl sites for hydroxylation is 1. The summed E-state index contributed by atoms with van der Waals surface area (Å²) in [6, 6.07) is 19.2. The second kappa shape index (κ2) is 10.0. The molecule has 0 spiro atoms. The topological polar surface area (TPSA) is 125 Å². The van der Waals surface area contributed by atoms with Crippen molar-refractivity contribution >= 4 is 23.3 Å². The minimum atomic E-state index is -0.219. The molecule has 1 amide bonds. The zero-order valence-electron chi connectivity index (χ0n) is 17.8. The van der Waals surface area contributed by atoms with Crippen molar-refractivity contribution in [1.29, 1.82) is 5.26 Å². The largest absolute Gasteiger partial charge is 0.381 e. The molecule has 9 heteroatoms. The summed E-state index contributed by atoms with van der Waals surface area (Å²) in [7, 11) is 0. The molecule has 0 aliphatic rings. The van der Waals surface area contributed by atoms with Crippen LogP contribution in [-0.2, 0) is 13.0 Å². The van der Waals surface area contributed by atoms with Crippen LogP contribution in [0.3, 0.4) is 0 Å². The van der Waals surface area contributed by atoms with Crippen LogP contribution in [0.25, 0.3) is 11.3 Å². The fourth-order valence-corrected chi connectivity index (χ4v) is 3.65. The molecule has 8 nitrogen and oxygen atoms in total. The van der Waals surface area contributed by atoms with Gasteiger partial charge in [-0.25, -0.2) is 0 Å². The van der Waals surface area contributed by atoms with E-state index in [1.807, 2.05) is 48.5 Å². The van der Waals surface area contributed by atoms with E-state index in [0.29, 0.717) is 53.5 Å². The lowest BCUT2D eigenvalue weighted by atomic mass is 10.1. The molecule has 0 saturated heterocycles. The number of anilines is 1. The number of nitrogens with one attached hydrogen (secondary N) is 2. The van der Waals surface area contributed by atoms with E-state index < -0.39 is 0 Å². The fraction of sp³-hybridized carbons (Fsp3) is 0.167. The van der Waals surface area contributed by atoms with Gasteiger partial charge in [-0.05, 0) is 30.5 Å². The van der Waals surface area contributed by atoms with E-state index in [2.05, 4.69) is 20.6 Å². The predicted octanol–water partition coefficient (Wildman–Crippen LogP) is 3.79. The van der Waals surface area contributed by atoms with Crippen molar-refractivity contribution < 1.29 is 4.79 Å². The van der Waals surface area contributed by atoms with E-state index in [4.69, 9.17) is 22.6 Å². The molecule has 0 aliphatic heterocycles. The number of halogens is 1. The molecule has 4 rings (SSSR count). The number of aromatic amines is 1. The number of carbonyl (C=O) groups is 1. The normalized spacial score (nSPS) is 10.7. The Bertz CT molecular complexity index is 1290. The zero-order valence-corrected chi connectivity index (χ0v) is 18.5. The van der Waals surface area contributed by atoms with Gasteiger partial charge in [0, 0.05) is 23.3 Å². The minimum Gasteiger partial charge on any atom is -0.381 e. The highest BCUT2D eigenvalue weighted by molar-refractivity contribution is 6.30. The van der Waals surface area contributed by atoms with Gasteiger partial charge in [0.05, 0.1) is 17.8 Å². The number of hydrogen-bond acceptors (Lipinski definition) is 5. The van der Waals surface area contributed by atoms with Crippen molar-refractivity contribution in [3.05, 3.63) is 88.2 Å². The summed E-state index contributed by atoms with van der Waals surface area (Å²) >= 11 is 6.03. The molecule has 2 aromatic heterocycles. The Morgan fingerprint density at radius 3 is 2.67 bits per heavy atom. The van der Waals surface area contributed by atoms with Crippen LogP contribution in [0.1, 0.15) is 33.6 Å². The number of hydrogen-bond donors (Lipinski definition) is 3. The second-order valence-electron chi connectivity index (χ2n) is 7.52. The highest BCUT2D eigenvalue weighted by atomic mass is 35.5. The van der Waals surface area contributed by atoms with Crippen molar-refractivity contribution in [2.24, 2.45) is 0 Å². The van der Waals surface area contributed by atoms with Crippen molar-refractivity contribution in [3.63, 3.8) is 0 Å². The van der Waals surface area contributed by atoms with Gasteiger partial charge in [0.25, 0.3) is 5.91 Å². The summed E-state index contributed by atoms with van der Waals surface area (Å²) in [6.45, 7) is 0.972. The van der Waals surface area contributed by atoms with Crippen LogP contribution < -0.4 is 11.1 Å². The summed E-state index contributed by atoms with van der Waals surface area (Å²) in [4.78, 5) is 13.0. The van der Waals surface area contributed by atoms with Crippen LogP contribution in [0.5, 0.6) is 0 Å². The van der Waals surface area contributed by atoms with E-state index in [9.17, 15) is 4.79 Å². The second-order valence-corrected chi connectivity index (χ2v) is 7.95. The fourth-order valence-electron chi connectivity index (χ4n) is 3.52. The highest BCUT2D eigenvalue weighted by Gasteiger charge is 2.18. The van der Waals surface area contributed by atoms with Crippen molar-refractivity contribution in [1.82, 2.24) is 25.3 Å². The van der Waals surface area contributed by atoms with E-state index in [-0.39, 0.29) is 11.7 Å². The van der Waals surface area contributed by atoms with Crippen LogP contribution in [0.2, 0.25) is 5.02 Å². The Balaban J connectivity index is 1.49. The third-order valence-corrected chi connectivity index (χ3v) is 5.43. The third kappa shape index (κ3) is 5.22. The van der Waals surface area contributed by atoms with Gasteiger partial charge in [-0.15, -0.1) is 0 Å². The number of nitriles is 1. The molecule has 0 saturated carbocycles. The van der Waals surface area contributed by atoms with E-state index in [0.717, 1.165) is 11.1 Å². The molecule has 0 aliphatic carbocycles. The van der Waals surface area contributed by atoms with Crippen LogP contribution in [-0.4, -0.2) is 32.4 Å². The number of nitrogens with two attached hydrogens (primary N) is 1. The first-order valence-corrected chi connectivity index (χ1v) is 10.8. The molecule has 0 fully saturated rings. The number of amides is 1. The molecular weight excluding hydrogens is 438 g/mol. The van der Waals surface area contributed by atoms with Crippen molar-refractivity contribution in [2.45, 2.75) is 19.4 Å². The molecule has 0 radical (unpaired) electrons. The number of nitrogens with zero attached hydrogens (tertiary/aromatic N) is 4. The smallest absolute Gasteiger partial charge is 0.255 e.